The molecule has 1 aliphatic heterocycles. The van der Waals surface area contributed by atoms with Crippen LogP contribution in [0.15, 0.2) is 27.4 Å². The second-order valence-corrected chi connectivity index (χ2v) is 3.36. The van der Waals surface area contributed by atoms with Crippen LogP contribution >= 0.6 is 0 Å². The topological polar surface area (TPSA) is 78.3 Å². The largest absolute Gasteiger partial charge is 0.424 e. The Kier molecular flexibility index (Phi) is 1.52. The minimum absolute atomic E-state index is 0.210. The summed E-state index contributed by atoms with van der Waals surface area (Å²) in [5.41, 5.74) is 1.04. The summed E-state index contributed by atoms with van der Waals surface area (Å²) in [4.78, 5) is 13.6. The first-order chi connectivity index (χ1) is 7.24. The predicted octanol–water partition coefficient (Wildman–Crippen LogP) is 0.878. The van der Waals surface area contributed by atoms with E-state index in [4.69, 9.17) is 4.42 Å². The highest BCUT2D eigenvalue weighted by Gasteiger charge is 2.17. The second-order valence-electron chi connectivity index (χ2n) is 3.36. The summed E-state index contributed by atoms with van der Waals surface area (Å²) in [6, 6.07) is 3.14. The molecule has 0 spiro atoms. The maximum absolute atomic E-state index is 11.1. The zero-order chi connectivity index (χ0) is 10.4. The molecule has 1 atom stereocenters. The number of rotatable bonds is 0. The Morgan fingerprint density at radius 3 is 3.13 bits per heavy atom. The van der Waals surface area contributed by atoms with Crippen molar-refractivity contribution < 1.29 is 9.52 Å². The molecule has 3 heterocycles. The van der Waals surface area contributed by atoms with Crippen molar-refractivity contribution >= 4 is 23.1 Å². The molecule has 15 heavy (non-hydrogen) atoms. The number of aromatic amines is 1. The van der Waals surface area contributed by atoms with Crippen LogP contribution in [0.4, 0.5) is 5.88 Å². The van der Waals surface area contributed by atoms with E-state index in [-0.39, 0.29) is 5.56 Å². The van der Waals surface area contributed by atoms with E-state index in [0.717, 1.165) is 10.9 Å². The lowest BCUT2D eigenvalue weighted by Crippen LogP contribution is -2.17. The fraction of sp³-hybridized carbons (Fsp3) is 0.100. The van der Waals surface area contributed by atoms with Crippen molar-refractivity contribution in [1.82, 2.24) is 4.98 Å². The monoisotopic (exact) mass is 204 g/mol. The number of pyridine rings is 1. The minimum atomic E-state index is -0.746. The first kappa shape index (κ1) is 8.31. The van der Waals surface area contributed by atoms with Crippen LogP contribution in [0.1, 0.15) is 5.56 Å². The summed E-state index contributed by atoms with van der Waals surface area (Å²) in [7, 11) is 0. The van der Waals surface area contributed by atoms with E-state index in [0.29, 0.717) is 11.6 Å². The van der Waals surface area contributed by atoms with Gasteiger partial charge < -0.3 is 14.8 Å². The number of hydrogen-bond donors (Lipinski definition) is 3. The number of aliphatic hydroxyl groups excluding tert-OH is 1. The van der Waals surface area contributed by atoms with E-state index in [1.165, 1.54) is 6.07 Å². The summed E-state index contributed by atoms with van der Waals surface area (Å²) in [5.74, 6) is 0.474. The number of H-pyrrole nitrogens is 1. The van der Waals surface area contributed by atoms with Crippen LogP contribution in [0.3, 0.4) is 0 Å². The Bertz CT molecular complexity index is 609. The van der Waals surface area contributed by atoms with Gasteiger partial charge in [0.25, 0.3) is 5.56 Å². The molecule has 0 fully saturated rings. The van der Waals surface area contributed by atoms with Crippen molar-refractivity contribution in [3.8, 4) is 0 Å². The lowest BCUT2D eigenvalue weighted by molar-refractivity contribution is 0.248. The van der Waals surface area contributed by atoms with Gasteiger partial charge in [-0.15, -0.1) is 0 Å². The molecular weight excluding hydrogens is 196 g/mol. The highest BCUT2D eigenvalue weighted by Crippen LogP contribution is 2.31. The van der Waals surface area contributed by atoms with E-state index < -0.39 is 6.23 Å². The van der Waals surface area contributed by atoms with E-state index in [9.17, 15) is 9.90 Å². The molecule has 5 heteroatoms. The first-order valence-electron chi connectivity index (χ1n) is 4.53. The van der Waals surface area contributed by atoms with Gasteiger partial charge in [0, 0.05) is 17.0 Å². The van der Waals surface area contributed by atoms with Crippen molar-refractivity contribution in [2.45, 2.75) is 6.23 Å². The normalized spacial score (nSPS) is 18.9. The Balaban J connectivity index is 2.34. The van der Waals surface area contributed by atoms with Gasteiger partial charge in [-0.3, -0.25) is 9.78 Å². The minimum Gasteiger partial charge on any atom is -0.424 e. The molecule has 5 nitrogen and oxygen atoms in total. The van der Waals surface area contributed by atoms with E-state index in [1.54, 1.807) is 18.2 Å². The van der Waals surface area contributed by atoms with Crippen LogP contribution in [0.5, 0.6) is 0 Å². The summed E-state index contributed by atoms with van der Waals surface area (Å²) in [6.07, 6.45) is 2.63. The van der Waals surface area contributed by atoms with Crippen LogP contribution in [-0.2, 0) is 0 Å². The van der Waals surface area contributed by atoms with Gasteiger partial charge in [0.05, 0.1) is 0 Å². The molecular formula is C10H8N2O3. The summed E-state index contributed by atoms with van der Waals surface area (Å²) >= 11 is 0. The van der Waals surface area contributed by atoms with Crippen LogP contribution in [0, 0.1) is 0 Å². The lowest BCUT2D eigenvalue weighted by Gasteiger charge is -2.12. The maximum Gasteiger partial charge on any atom is 0.250 e. The molecule has 0 aromatic carbocycles. The van der Waals surface area contributed by atoms with Crippen LogP contribution in [0.2, 0.25) is 0 Å². The number of hydrogen-bond acceptors (Lipinski definition) is 4. The summed E-state index contributed by atoms with van der Waals surface area (Å²) in [6.45, 7) is 0. The van der Waals surface area contributed by atoms with Crippen molar-refractivity contribution in [1.29, 1.82) is 0 Å². The zero-order valence-electron chi connectivity index (χ0n) is 7.65. The van der Waals surface area contributed by atoms with E-state index in [1.807, 2.05) is 0 Å². The number of anilines is 1. The standard InChI is InChI=1S/C10H8N2O3/c13-7-3-1-5-6-2-4-8(14)12-10(6)15-9(5)11-7/h1-4,7,11,13H,(H,12,14). The molecule has 0 radical (unpaired) electrons. The number of furan rings is 1. The molecule has 3 rings (SSSR count). The Morgan fingerprint density at radius 1 is 1.40 bits per heavy atom. The third kappa shape index (κ3) is 1.17. The fourth-order valence-corrected chi connectivity index (χ4v) is 1.67. The predicted molar refractivity (Wildman–Crippen MR) is 55.5 cm³/mol. The van der Waals surface area contributed by atoms with Gasteiger partial charge in [-0.05, 0) is 18.2 Å². The van der Waals surface area contributed by atoms with Gasteiger partial charge in [-0.1, -0.05) is 0 Å². The van der Waals surface area contributed by atoms with Gasteiger partial charge in [-0.25, -0.2) is 0 Å². The Morgan fingerprint density at radius 2 is 2.27 bits per heavy atom. The number of aromatic nitrogens is 1. The van der Waals surface area contributed by atoms with Gasteiger partial charge >= 0.3 is 0 Å². The van der Waals surface area contributed by atoms with Crippen molar-refractivity contribution in [2.75, 3.05) is 5.32 Å². The highest BCUT2D eigenvalue weighted by molar-refractivity contribution is 5.91. The first-order valence-corrected chi connectivity index (χ1v) is 4.53. The van der Waals surface area contributed by atoms with Crippen molar-refractivity contribution in [3.05, 3.63) is 34.1 Å². The van der Waals surface area contributed by atoms with E-state index >= 15 is 0 Å². The molecule has 0 aliphatic carbocycles. The third-order valence-electron chi connectivity index (χ3n) is 2.35. The molecule has 0 saturated heterocycles. The Labute approximate surface area is 84.0 Å². The number of nitrogens with one attached hydrogen (secondary N) is 2. The third-order valence-corrected chi connectivity index (χ3v) is 2.35. The lowest BCUT2D eigenvalue weighted by atomic mass is 10.1. The van der Waals surface area contributed by atoms with Gasteiger partial charge in [0.2, 0.25) is 11.6 Å². The van der Waals surface area contributed by atoms with Gasteiger partial charge in [-0.2, -0.15) is 0 Å². The summed E-state index contributed by atoms with van der Waals surface area (Å²) in [5, 5.41) is 12.9. The molecule has 0 saturated carbocycles. The number of fused-ring (bicyclic) bond motifs is 3. The summed E-state index contributed by atoms with van der Waals surface area (Å²) < 4.78 is 5.36. The van der Waals surface area contributed by atoms with Crippen molar-refractivity contribution in [3.63, 3.8) is 0 Å². The van der Waals surface area contributed by atoms with E-state index in [2.05, 4.69) is 10.3 Å². The maximum atomic E-state index is 11.1. The molecule has 0 amide bonds. The molecule has 1 aliphatic rings. The zero-order valence-corrected chi connectivity index (χ0v) is 7.65. The van der Waals surface area contributed by atoms with Crippen LogP contribution < -0.4 is 10.9 Å². The second kappa shape index (κ2) is 2.74. The molecule has 3 N–H and O–H groups in total. The average molecular weight is 204 g/mol. The van der Waals surface area contributed by atoms with Gasteiger partial charge in [0.15, 0.2) is 0 Å². The molecule has 76 valence electrons. The SMILES string of the molecule is O=c1ccc2c3c(oc2[nH]1)NC(O)C=C3. The average Bonchev–Trinajstić information content (AvgIpc) is 2.53. The Hall–Kier alpha value is -2.01. The van der Waals surface area contributed by atoms with Gasteiger partial charge in [0.1, 0.15) is 6.23 Å². The quantitative estimate of drug-likeness (QED) is 0.595. The fourth-order valence-electron chi connectivity index (χ4n) is 1.67. The molecule has 1 unspecified atom stereocenters. The number of aliphatic hydroxyl groups is 1. The van der Waals surface area contributed by atoms with Crippen LogP contribution in [0.25, 0.3) is 17.2 Å². The van der Waals surface area contributed by atoms with Crippen LogP contribution in [-0.4, -0.2) is 16.3 Å². The molecule has 2 aromatic rings. The molecule has 2 aromatic heterocycles. The van der Waals surface area contributed by atoms with Crippen molar-refractivity contribution in [2.24, 2.45) is 0 Å². The smallest absolute Gasteiger partial charge is 0.250 e. The molecule has 0 bridgehead atoms. The highest BCUT2D eigenvalue weighted by atomic mass is 16.4.